The Morgan fingerprint density at radius 2 is 2.60 bits per heavy atom. The molecule has 1 N–H and O–H groups in total. The van der Waals surface area contributed by atoms with Gasteiger partial charge in [0.05, 0.1) is 12.0 Å². The largest absolute Gasteiger partial charge is 0.465 e. The van der Waals surface area contributed by atoms with Gasteiger partial charge < -0.3 is 9.84 Å². The van der Waals surface area contributed by atoms with Crippen molar-refractivity contribution in [1.82, 2.24) is 0 Å². The molecule has 2 aliphatic rings. The van der Waals surface area contributed by atoms with Crippen LogP contribution in [0, 0.1) is 11.3 Å². The quantitative estimate of drug-likeness (QED) is 0.549. The molecule has 2 rings (SSSR count). The molecule has 2 fully saturated rings. The van der Waals surface area contributed by atoms with Crippen LogP contribution in [0.15, 0.2) is 0 Å². The summed E-state index contributed by atoms with van der Waals surface area (Å²) in [5.74, 6) is 0.332. The zero-order chi connectivity index (χ0) is 7.19. The Morgan fingerprint density at radius 1 is 1.80 bits per heavy atom. The zero-order valence-electron chi connectivity index (χ0n) is 5.67. The predicted molar refractivity (Wildman–Crippen MR) is 33.2 cm³/mol. The van der Waals surface area contributed by atoms with E-state index in [4.69, 9.17) is 9.84 Å². The van der Waals surface area contributed by atoms with E-state index in [1.54, 1.807) is 0 Å². The van der Waals surface area contributed by atoms with Crippen molar-refractivity contribution in [3.05, 3.63) is 0 Å². The van der Waals surface area contributed by atoms with Gasteiger partial charge in [0.1, 0.15) is 0 Å². The lowest BCUT2D eigenvalue weighted by Gasteiger charge is -2.04. The van der Waals surface area contributed by atoms with Gasteiger partial charge in [0.15, 0.2) is 0 Å². The van der Waals surface area contributed by atoms with E-state index in [0.29, 0.717) is 18.9 Å². The summed E-state index contributed by atoms with van der Waals surface area (Å²) in [5.41, 5.74) is -0.241. The van der Waals surface area contributed by atoms with Gasteiger partial charge in [-0.2, -0.15) is 0 Å². The van der Waals surface area contributed by atoms with Crippen LogP contribution in [0.1, 0.15) is 12.8 Å². The highest BCUT2D eigenvalue weighted by atomic mass is 16.5. The summed E-state index contributed by atoms with van der Waals surface area (Å²) in [6, 6.07) is 0. The molecule has 0 aromatic carbocycles. The fourth-order valence-corrected chi connectivity index (χ4v) is 1.78. The normalized spacial score (nSPS) is 42.9. The summed E-state index contributed by atoms with van der Waals surface area (Å²) in [5, 5.41) is 8.63. The van der Waals surface area contributed by atoms with Gasteiger partial charge in [0.2, 0.25) is 0 Å². The van der Waals surface area contributed by atoms with E-state index in [9.17, 15) is 4.79 Å². The number of cyclic esters (lactones) is 1. The van der Waals surface area contributed by atoms with E-state index in [0.717, 1.165) is 6.42 Å². The maximum Gasteiger partial charge on any atom is 0.312 e. The molecule has 0 radical (unpaired) electrons. The van der Waals surface area contributed by atoms with Crippen molar-refractivity contribution in [3.8, 4) is 0 Å². The first-order valence-corrected chi connectivity index (χ1v) is 3.58. The molecule has 1 aliphatic heterocycles. The molecule has 0 aromatic rings. The third kappa shape index (κ3) is 0.560. The number of fused-ring (bicyclic) bond motifs is 1. The maximum absolute atomic E-state index is 11.0. The number of rotatable bonds is 2. The average Bonchev–Trinajstić information content (AvgIpc) is 2.53. The van der Waals surface area contributed by atoms with Crippen molar-refractivity contribution >= 4 is 5.97 Å². The smallest absolute Gasteiger partial charge is 0.312 e. The molecule has 0 aromatic heterocycles. The van der Waals surface area contributed by atoms with Crippen LogP contribution in [0.2, 0.25) is 0 Å². The zero-order valence-corrected chi connectivity index (χ0v) is 5.67. The molecular weight excluding hydrogens is 132 g/mol. The monoisotopic (exact) mass is 142 g/mol. The second-order valence-corrected chi connectivity index (χ2v) is 3.13. The van der Waals surface area contributed by atoms with Gasteiger partial charge >= 0.3 is 5.97 Å². The predicted octanol–water partition coefficient (Wildman–Crippen LogP) is -0.0681. The lowest BCUT2D eigenvalue weighted by Crippen LogP contribution is -2.15. The molecule has 56 valence electrons. The molecule has 1 saturated carbocycles. The highest BCUT2D eigenvalue weighted by Crippen LogP contribution is 2.59. The van der Waals surface area contributed by atoms with Crippen LogP contribution in [0.25, 0.3) is 0 Å². The second kappa shape index (κ2) is 1.72. The number of carbonyl (C=O) groups excluding carboxylic acids is 1. The Hall–Kier alpha value is -0.570. The van der Waals surface area contributed by atoms with Gasteiger partial charge in [0, 0.05) is 12.5 Å². The van der Waals surface area contributed by atoms with Gasteiger partial charge in [0.25, 0.3) is 0 Å². The van der Waals surface area contributed by atoms with Gasteiger partial charge in [-0.1, -0.05) is 0 Å². The molecular formula is C7H10O3. The average molecular weight is 142 g/mol. The van der Waals surface area contributed by atoms with Crippen LogP contribution < -0.4 is 0 Å². The van der Waals surface area contributed by atoms with Crippen molar-refractivity contribution in [2.45, 2.75) is 12.8 Å². The topological polar surface area (TPSA) is 46.5 Å². The summed E-state index contributed by atoms with van der Waals surface area (Å²) in [7, 11) is 0. The van der Waals surface area contributed by atoms with Gasteiger partial charge in [-0.15, -0.1) is 0 Å². The Morgan fingerprint density at radius 3 is 3.00 bits per heavy atom. The summed E-state index contributed by atoms with van der Waals surface area (Å²) >= 11 is 0. The van der Waals surface area contributed by atoms with Crippen LogP contribution in [0.4, 0.5) is 0 Å². The first-order valence-electron chi connectivity index (χ1n) is 3.58. The van der Waals surface area contributed by atoms with Crippen LogP contribution in [0.3, 0.4) is 0 Å². The number of aliphatic hydroxyl groups is 1. The minimum atomic E-state index is -0.241. The van der Waals surface area contributed by atoms with Crippen LogP contribution in [-0.2, 0) is 9.53 Å². The minimum absolute atomic E-state index is 0.0912. The number of aliphatic hydroxyl groups excluding tert-OH is 1. The van der Waals surface area contributed by atoms with Crippen molar-refractivity contribution in [2.24, 2.45) is 11.3 Å². The molecule has 3 heteroatoms. The van der Waals surface area contributed by atoms with E-state index in [-0.39, 0.29) is 18.0 Å². The second-order valence-electron chi connectivity index (χ2n) is 3.13. The summed E-state index contributed by atoms with van der Waals surface area (Å²) in [6.07, 6.45) is 1.53. The molecule has 1 heterocycles. The first-order chi connectivity index (χ1) is 4.79. The van der Waals surface area contributed by atoms with Gasteiger partial charge in [-0.3, -0.25) is 4.79 Å². The molecule has 3 nitrogen and oxygen atoms in total. The van der Waals surface area contributed by atoms with Gasteiger partial charge in [-0.05, 0) is 12.8 Å². The van der Waals surface area contributed by atoms with E-state index in [1.165, 1.54) is 0 Å². The van der Waals surface area contributed by atoms with E-state index >= 15 is 0 Å². The Kier molecular flexibility index (Phi) is 1.06. The van der Waals surface area contributed by atoms with E-state index < -0.39 is 0 Å². The third-order valence-corrected chi connectivity index (χ3v) is 2.61. The fourth-order valence-electron chi connectivity index (χ4n) is 1.78. The summed E-state index contributed by atoms with van der Waals surface area (Å²) in [4.78, 5) is 11.0. The Bertz CT molecular complexity index is 178. The summed E-state index contributed by atoms with van der Waals surface area (Å²) in [6.45, 7) is 0.685. The first kappa shape index (κ1) is 6.16. The SMILES string of the molecule is O=C1OCC2CC12CCO. The summed E-state index contributed by atoms with van der Waals surface area (Å²) < 4.78 is 4.82. The fraction of sp³-hybridized carbons (Fsp3) is 0.857. The number of esters is 1. The Balaban J connectivity index is 2.10. The van der Waals surface area contributed by atoms with E-state index in [2.05, 4.69) is 0 Å². The number of hydrogen-bond acceptors (Lipinski definition) is 3. The molecule has 2 unspecified atom stereocenters. The van der Waals surface area contributed by atoms with Crippen LogP contribution in [-0.4, -0.2) is 24.3 Å². The number of carbonyl (C=O) groups is 1. The van der Waals surface area contributed by atoms with Crippen molar-refractivity contribution in [1.29, 1.82) is 0 Å². The number of hydrogen-bond donors (Lipinski definition) is 1. The maximum atomic E-state index is 11.0. The molecule has 1 aliphatic carbocycles. The minimum Gasteiger partial charge on any atom is -0.465 e. The van der Waals surface area contributed by atoms with Crippen LogP contribution >= 0.6 is 0 Å². The molecule has 1 saturated heterocycles. The van der Waals surface area contributed by atoms with Crippen molar-refractivity contribution < 1.29 is 14.6 Å². The van der Waals surface area contributed by atoms with Crippen LogP contribution in [0.5, 0.6) is 0 Å². The third-order valence-electron chi connectivity index (χ3n) is 2.61. The molecule has 0 amide bonds. The lowest BCUT2D eigenvalue weighted by atomic mass is 10.0. The van der Waals surface area contributed by atoms with Gasteiger partial charge in [-0.25, -0.2) is 0 Å². The lowest BCUT2D eigenvalue weighted by molar-refractivity contribution is -0.145. The van der Waals surface area contributed by atoms with E-state index in [1.807, 2.05) is 0 Å². The molecule has 10 heavy (non-hydrogen) atoms. The van der Waals surface area contributed by atoms with Crippen molar-refractivity contribution in [2.75, 3.05) is 13.2 Å². The Labute approximate surface area is 59.0 Å². The number of ether oxygens (including phenoxy) is 1. The molecule has 0 spiro atoms. The highest BCUT2D eigenvalue weighted by Gasteiger charge is 2.65. The van der Waals surface area contributed by atoms with Crippen molar-refractivity contribution in [3.63, 3.8) is 0 Å². The molecule has 2 atom stereocenters. The highest BCUT2D eigenvalue weighted by molar-refractivity contribution is 5.83. The standard InChI is InChI=1S/C7H10O3/c8-2-1-7-3-5(7)4-10-6(7)9/h5,8H,1-4H2. The molecule has 0 bridgehead atoms.